The van der Waals surface area contributed by atoms with E-state index >= 15 is 0 Å². The summed E-state index contributed by atoms with van der Waals surface area (Å²) in [4.78, 5) is 27.9. The summed E-state index contributed by atoms with van der Waals surface area (Å²) >= 11 is 7.79. The van der Waals surface area contributed by atoms with Crippen LogP contribution in [-0.4, -0.2) is 18.4 Å². The molecule has 6 heteroatoms. The molecule has 4 nitrogen and oxygen atoms in total. The Bertz CT molecular complexity index is 1270. The van der Waals surface area contributed by atoms with Crippen LogP contribution in [0.1, 0.15) is 68.7 Å². The number of Topliss-reactive ketones (excluding diaryl/α,β-unsaturated/α-hetero) is 1. The molecule has 2 aliphatic rings. The van der Waals surface area contributed by atoms with Crippen molar-refractivity contribution in [3.05, 3.63) is 86.2 Å². The Morgan fingerprint density at radius 1 is 1.11 bits per heavy atom. The third kappa shape index (κ3) is 5.42. The summed E-state index contributed by atoms with van der Waals surface area (Å²) < 4.78 is 5.48. The SMILES string of the molecule is CCOC(=O)C1=C(C)NC2=C(C(=O)CC(C)(C)C2)C1c1cc(CSc2ccc(Cl)cc2)c(C)cc1C. The van der Waals surface area contributed by atoms with E-state index in [1.165, 1.54) is 11.1 Å². The molecule has 1 heterocycles. The van der Waals surface area contributed by atoms with Crippen LogP contribution in [0.3, 0.4) is 0 Å². The van der Waals surface area contributed by atoms with Gasteiger partial charge in [-0.05, 0) is 86.1 Å². The molecule has 0 spiro atoms. The summed E-state index contributed by atoms with van der Waals surface area (Å²) in [5.41, 5.74) is 7.26. The van der Waals surface area contributed by atoms with Crippen molar-refractivity contribution < 1.29 is 14.3 Å². The average molecular weight is 524 g/mol. The Hall–Kier alpha value is -2.50. The predicted octanol–water partition coefficient (Wildman–Crippen LogP) is 7.42. The molecule has 36 heavy (non-hydrogen) atoms. The van der Waals surface area contributed by atoms with Crippen LogP contribution in [0.2, 0.25) is 5.02 Å². The molecule has 1 N–H and O–H groups in total. The second-order valence-electron chi connectivity index (χ2n) is 10.5. The number of hydrogen-bond acceptors (Lipinski definition) is 5. The summed E-state index contributed by atoms with van der Waals surface area (Å²) in [5.74, 6) is 0.0680. The molecule has 2 aromatic carbocycles. The minimum absolute atomic E-state index is 0.102. The van der Waals surface area contributed by atoms with Gasteiger partial charge in [0.2, 0.25) is 0 Å². The van der Waals surface area contributed by atoms with Gasteiger partial charge in [0.15, 0.2) is 5.78 Å². The van der Waals surface area contributed by atoms with Crippen molar-refractivity contribution in [1.82, 2.24) is 5.32 Å². The first kappa shape index (κ1) is 26.6. The van der Waals surface area contributed by atoms with Crippen molar-refractivity contribution in [2.45, 2.75) is 71.0 Å². The van der Waals surface area contributed by atoms with Gasteiger partial charge in [-0.25, -0.2) is 4.79 Å². The summed E-state index contributed by atoms with van der Waals surface area (Å²) in [6, 6.07) is 12.2. The van der Waals surface area contributed by atoms with Crippen molar-refractivity contribution in [1.29, 1.82) is 0 Å². The Balaban J connectivity index is 1.81. The Labute approximate surface area is 223 Å². The lowest BCUT2D eigenvalue weighted by atomic mass is 9.68. The number of aryl methyl sites for hydroxylation is 2. The van der Waals surface area contributed by atoms with Gasteiger partial charge >= 0.3 is 5.97 Å². The highest BCUT2D eigenvalue weighted by Crippen LogP contribution is 2.48. The van der Waals surface area contributed by atoms with E-state index in [0.29, 0.717) is 17.6 Å². The minimum atomic E-state index is -0.441. The van der Waals surface area contributed by atoms with E-state index in [9.17, 15) is 9.59 Å². The molecule has 1 atom stereocenters. The molecule has 1 aliphatic carbocycles. The molecule has 1 aliphatic heterocycles. The maximum atomic E-state index is 13.6. The van der Waals surface area contributed by atoms with E-state index < -0.39 is 5.92 Å². The molecule has 0 aromatic heterocycles. The number of thioether (sulfide) groups is 1. The maximum Gasteiger partial charge on any atom is 0.336 e. The number of ether oxygens (including phenoxy) is 1. The summed E-state index contributed by atoms with van der Waals surface area (Å²) in [6.07, 6.45) is 1.23. The lowest BCUT2D eigenvalue weighted by molar-refractivity contribution is -0.138. The zero-order chi connectivity index (χ0) is 26.2. The average Bonchev–Trinajstić information content (AvgIpc) is 2.78. The van der Waals surface area contributed by atoms with Gasteiger partial charge in [0.25, 0.3) is 0 Å². The second kappa shape index (κ2) is 10.5. The normalized spacial score (nSPS) is 19.2. The van der Waals surface area contributed by atoms with Crippen LogP contribution in [0.15, 0.2) is 63.8 Å². The fourth-order valence-electron chi connectivity index (χ4n) is 5.30. The van der Waals surface area contributed by atoms with Gasteiger partial charge in [0, 0.05) is 45.0 Å². The van der Waals surface area contributed by atoms with Crippen LogP contribution in [-0.2, 0) is 20.1 Å². The zero-order valence-electron chi connectivity index (χ0n) is 21.9. The van der Waals surface area contributed by atoms with Gasteiger partial charge in [-0.2, -0.15) is 0 Å². The highest BCUT2D eigenvalue weighted by Gasteiger charge is 2.43. The molecule has 0 amide bonds. The van der Waals surface area contributed by atoms with E-state index in [1.807, 2.05) is 31.2 Å². The third-order valence-electron chi connectivity index (χ3n) is 6.98. The van der Waals surface area contributed by atoms with E-state index in [0.717, 1.165) is 44.6 Å². The third-order valence-corrected chi connectivity index (χ3v) is 8.29. The largest absolute Gasteiger partial charge is 0.463 e. The maximum absolute atomic E-state index is 13.6. The van der Waals surface area contributed by atoms with Crippen LogP contribution in [0.4, 0.5) is 0 Å². The van der Waals surface area contributed by atoms with E-state index in [-0.39, 0.29) is 23.8 Å². The summed E-state index contributed by atoms with van der Waals surface area (Å²) in [5, 5.41) is 4.13. The lowest BCUT2D eigenvalue weighted by Gasteiger charge is -2.40. The number of ketones is 1. The smallest absolute Gasteiger partial charge is 0.336 e. The van der Waals surface area contributed by atoms with Crippen LogP contribution >= 0.6 is 23.4 Å². The monoisotopic (exact) mass is 523 g/mol. The molecule has 0 saturated carbocycles. The Kier molecular flexibility index (Phi) is 7.72. The molecular weight excluding hydrogens is 490 g/mol. The topological polar surface area (TPSA) is 55.4 Å². The number of carbonyl (C=O) groups is 2. The van der Waals surface area contributed by atoms with Crippen molar-refractivity contribution in [3.63, 3.8) is 0 Å². The van der Waals surface area contributed by atoms with Gasteiger partial charge in [0.1, 0.15) is 0 Å². The Morgan fingerprint density at radius 3 is 2.47 bits per heavy atom. The first-order chi connectivity index (χ1) is 17.0. The van der Waals surface area contributed by atoms with Crippen molar-refractivity contribution in [3.8, 4) is 0 Å². The van der Waals surface area contributed by atoms with Crippen molar-refractivity contribution in [2.24, 2.45) is 5.41 Å². The minimum Gasteiger partial charge on any atom is -0.463 e. The van der Waals surface area contributed by atoms with E-state index in [4.69, 9.17) is 16.3 Å². The number of hydrogen-bond donors (Lipinski definition) is 1. The molecular formula is C30H34ClNO3S. The number of benzene rings is 2. The molecule has 0 fully saturated rings. The number of rotatable bonds is 6. The fourth-order valence-corrected chi connectivity index (χ4v) is 6.39. The van der Waals surface area contributed by atoms with Crippen LogP contribution < -0.4 is 5.32 Å². The van der Waals surface area contributed by atoms with E-state index in [2.05, 4.69) is 45.1 Å². The summed E-state index contributed by atoms with van der Waals surface area (Å²) in [7, 11) is 0. The first-order valence-corrected chi connectivity index (χ1v) is 13.8. The summed E-state index contributed by atoms with van der Waals surface area (Å²) in [6.45, 7) is 12.4. The van der Waals surface area contributed by atoms with Crippen LogP contribution in [0.5, 0.6) is 0 Å². The van der Waals surface area contributed by atoms with Crippen molar-refractivity contribution >= 4 is 35.1 Å². The molecule has 0 saturated heterocycles. The first-order valence-electron chi connectivity index (χ1n) is 12.4. The molecule has 4 rings (SSSR count). The quantitative estimate of drug-likeness (QED) is 0.315. The Morgan fingerprint density at radius 2 is 1.81 bits per heavy atom. The number of dihydropyridines is 1. The van der Waals surface area contributed by atoms with Gasteiger partial charge in [0.05, 0.1) is 12.2 Å². The highest BCUT2D eigenvalue weighted by atomic mass is 35.5. The molecule has 2 aromatic rings. The molecule has 0 bridgehead atoms. The number of esters is 1. The van der Waals surface area contributed by atoms with Crippen LogP contribution in [0.25, 0.3) is 0 Å². The predicted molar refractivity (Wildman–Crippen MR) is 147 cm³/mol. The van der Waals surface area contributed by atoms with Gasteiger partial charge in [-0.15, -0.1) is 11.8 Å². The number of nitrogens with one attached hydrogen (secondary N) is 1. The van der Waals surface area contributed by atoms with E-state index in [1.54, 1.807) is 18.7 Å². The molecule has 0 radical (unpaired) electrons. The number of allylic oxidation sites excluding steroid dienone is 3. The standard InChI is InChI=1S/C30H34ClNO3S/c1-7-35-29(34)26-19(4)32-24-14-30(5,6)15-25(33)28(24)27(26)23-13-20(17(2)12-18(23)3)16-36-22-10-8-21(31)9-11-22/h8-13,27,32H,7,14-16H2,1-6H3. The van der Waals surface area contributed by atoms with Gasteiger partial charge in [-0.1, -0.05) is 37.6 Å². The highest BCUT2D eigenvalue weighted by molar-refractivity contribution is 7.98. The number of carbonyl (C=O) groups excluding carboxylic acids is 2. The lowest BCUT2D eigenvalue weighted by Crippen LogP contribution is -2.39. The van der Waals surface area contributed by atoms with Crippen molar-refractivity contribution in [2.75, 3.05) is 6.61 Å². The van der Waals surface area contributed by atoms with Gasteiger partial charge < -0.3 is 10.1 Å². The zero-order valence-corrected chi connectivity index (χ0v) is 23.5. The van der Waals surface area contributed by atoms with Gasteiger partial charge in [-0.3, -0.25) is 4.79 Å². The van der Waals surface area contributed by atoms with Crippen LogP contribution in [0, 0.1) is 19.3 Å². The fraction of sp³-hybridized carbons (Fsp3) is 0.400. The molecule has 190 valence electrons. The molecule has 1 unspecified atom stereocenters. The second-order valence-corrected chi connectivity index (χ2v) is 12.0. The number of halogens is 1.